The first-order valence-corrected chi connectivity index (χ1v) is 6.86. The lowest BCUT2D eigenvalue weighted by molar-refractivity contribution is 0.0926. The van der Waals surface area contributed by atoms with Crippen LogP contribution in [0.3, 0.4) is 0 Å². The van der Waals surface area contributed by atoms with E-state index in [2.05, 4.69) is 41.5 Å². The van der Waals surface area contributed by atoms with Crippen LogP contribution in [0.4, 0.5) is 0 Å². The molecule has 3 nitrogen and oxygen atoms in total. The molecule has 0 bridgehead atoms. The summed E-state index contributed by atoms with van der Waals surface area (Å²) in [4.78, 5) is 4.57. The van der Waals surface area contributed by atoms with Gasteiger partial charge in [-0.1, -0.05) is 43.7 Å². The molecule has 0 aromatic heterocycles. The van der Waals surface area contributed by atoms with Crippen molar-refractivity contribution in [2.75, 3.05) is 19.7 Å². The minimum atomic E-state index is -0.0296. The Balaban J connectivity index is 2.09. The highest BCUT2D eigenvalue weighted by molar-refractivity contribution is 5.88. The van der Waals surface area contributed by atoms with Crippen LogP contribution in [0.2, 0.25) is 0 Å². The van der Waals surface area contributed by atoms with Crippen LogP contribution in [0.15, 0.2) is 35.3 Å². The SMILES string of the molecule is CCCCOC(C1=NCCCN1)c1ccccc1. The Kier molecular flexibility index (Phi) is 5.21. The molecule has 18 heavy (non-hydrogen) atoms. The molecule has 0 radical (unpaired) electrons. The summed E-state index contributed by atoms with van der Waals surface area (Å²) in [5.74, 6) is 0.989. The standard InChI is InChI=1S/C15H22N2O/c1-2-3-12-18-14(13-8-5-4-6-9-13)15-16-10-7-11-17-15/h4-6,8-9,14H,2-3,7,10-12H2,1H3,(H,16,17). The van der Waals surface area contributed by atoms with Gasteiger partial charge in [0.1, 0.15) is 11.9 Å². The Labute approximate surface area is 109 Å². The molecular formula is C15H22N2O. The van der Waals surface area contributed by atoms with Gasteiger partial charge in [0.05, 0.1) is 0 Å². The van der Waals surface area contributed by atoms with Gasteiger partial charge in [0.2, 0.25) is 0 Å². The van der Waals surface area contributed by atoms with Gasteiger partial charge in [0.25, 0.3) is 0 Å². The first kappa shape index (κ1) is 13.1. The van der Waals surface area contributed by atoms with E-state index < -0.39 is 0 Å². The first-order chi connectivity index (χ1) is 8.92. The van der Waals surface area contributed by atoms with Crippen LogP contribution in [0, 0.1) is 0 Å². The minimum Gasteiger partial charge on any atom is -0.371 e. The molecule has 3 heteroatoms. The second-order valence-electron chi connectivity index (χ2n) is 4.56. The van der Waals surface area contributed by atoms with E-state index in [0.717, 1.165) is 44.8 Å². The summed E-state index contributed by atoms with van der Waals surface area (Å²) >= 11 is 0. The van der Waals surface area contributed by atoms with E-state index in [-0.39, 0.29) is 6.10 Å². The molecule has 1 aliphatic heterocycles. The number of unbranched alkanes of at least 4 members (excludes halogenated alkanes) is 1. The van der Waals surface area contributed by atoms with Crippen LogP contribution in [-0.4, -0.2) is 25.5 Å². The average Bonchev–Trinajstić information content (AvgIpc) is 2.46. The van der Waals surface area contributed by atoms with E-state index in [4.69, 9.17) is 4.74 Å². The van der Waals surface area contributed by atoms with Crippen molar-refractivity contribution in [3.8, 4) is 0 Å². The second-order valence-corrected chi connectivity index (χ2v) is 4.56. The van der Waals surface area contributed by atoms with Crippen LogP contribution in [0.25, 0.3) is 0 Å². The Morgan fingerprint density at radius 2 is 2.17 bits per heavy atom. The number of hydrogen-bond acceptors (Lipinski definition) is 3. The zero-order chi connectivity index (χ0) is 12.6. The third-order valence-corrected chi connectivity index (χ3v) is 3.06. The average molecular weight is 246 g/mol. The smallest absolute Gasteiger partial charge is 0.139 e. The van der Waals surface area contributed by atoms with Crippen LogP contribution in [-0.2, 0) is 4.74 Å². The lowest BCUT2D eigenvalue weighted by Crippen LogP contribution is -2.35. The lowest BCUT2D eigenvalue weighted by atomic mass is 10.1. The van der Waals surface area contributed by atoms with Gasteiger partial charge in [-0.3, -0.25) is 4.99 Å². The number of amidine groups is 1. The van der Waals surface area contributed by atoms with Crippen LogP contribution < -0.4 is 5.32 Å². The summed E-state index contributed by atoms with van der Waals surface area (Å²) in [6.45, 7) is 4.87. The molecule has 0 aliphatic carbocycles. The Hall–Kier alpha value is -1.35. The summed E-state index contributed by atoms with van der Waals surface area (Å²) < 4.78 is 6.01. The zero-order valence-corrected chi connectivity index (χ0v) is 11.1. The van der Waals surface area contributed by atoms with Crippen LogP contribution in [0.5, 0.6) is 0 Å². The number of rotatable bonds is 6. The van der Waals surface area contributed by atoms with Gasteiger partial charge in [0.15, 0.2) is 0 Å². The molecule has 1 unspecified atom stereocenters. The van der Waals surface area contributed by atoms with Gasteiger partial charge in [-0.25, -0.2) is 0 Å². The largest absolute Gasteiger partial charge is 0.371 e. The van der Waals surface area contributed by atoms with E-state index in [1.807, 2.05) is 6.07 Å². The summed E-state index contributed by atoms with van der Waals surface area (Å²) in [6.07, 6.45) is 3.33. The van der Waals surface area contributed by atoms with Crippen LogP contribution in [0.1, 0.15) is 37.9 Å². The van der Waals surface area contributed by atoms with E-state index >= 15 is 0 Å². The van der Waals surface area contributed by atoms with E-state index in [0.29, 0.717) is 0 Å². The predicted molar refractivity (Wildman–Crippen MR) is 75.0 cm³/mol. The minimum absolute atomic E-state index is 0.0296. The normalized spacial score (nSPS) is 16.8. The van der Waals surface area contributed by atoms with Crippen molar-refractivity contribution in [2.45, 2.75) is 32.3 Å². The fraction of sp³-hybridized carbons (Fsp3) is 0.533. The molecule has 1 aromatic carbocycles. The van der Waals surface area contributed by atoms with Crippen molar-refractivity contribution in [3.05, 3.63) is 35.9 Å². The van der Waals surface area contributed by atoms with Gasteiger partial charge in [-0.05, 0) is 18.4 Å². The molecule has 0 saturated heterocycles. The number of hydrogen-bond donors (Lipinski definition) is 1. The molecule has 2 rings (SSSR count). The Morgan fingerprint density at radius 1 is 1.33 bits per heavy atom. The van der Waals surface area contributed by atoms with Crippen molar-refractivity contribution in [1.29, 1.82) is 0 Å². The van der Waals surface area contributed by atoms with Gasteiger partial charge in [-0.2, -0.15) is 0 Å². The predicted octanol–water partition coefficient (Wildman–Crippen LogP) is 2.94. The quantitative estimate of drug-likeness (QED) is 0.783. The fourth-order valence-electron chi connectivity index (χ4n) is 2.03. The lowest BCUT2D eigenvalue weighted by Gasteiger charge is -2.24. The van der Waals surface area contributed by atoms with E-state index in [1.54, 1.807) is 0 Å². The highest BCUT2D eigenvalue weighted by Gasteiger charge is 2.20. The molecule has 0 saturated carbocycles. The maximum absolute atomic E-state index is 6.01. The third kappa shape index (κ3) is 3.57. The molecule has 0 spiro atoms. The molecule has 1 heterocycles. The number of nitrogens with one attached hydrogen (secondary N) is 1. The third-order valence-electron chi connectivity index (χ3n) is 3.06. The van der Waals surface area contributed by atoms with Crippen molar-refractivity contribution < 1.29 is 4.74 Å². The molecule has 0 amide bonds. The first-order valence-electron chi connectivity index (χ1n) is 6.86. The Morgan fingerprint density at radius 3 is 2.83 bits per heavy atom. The molecular weight excluding hydrogens is 224 g/mol. The topological polar surface area (TPSA) is 33.6 Å². The second kappa shape index (κ2) is 7.17. The molecule has 0 fully saturated rings. The molecule has 1 atom stereocenters. The Bertz CT molecular complexity index is 375. The number of benzene rings is 1. The van der Waals surface area contributed by atoms with Crippen molar-refractivity contribution in [1.82, 2.24) is 5.32 Å². The van der Waals surface area contributed by atoms with Crippen molar-refractivity contribution in [2.24, 2.45) is 4.99 Å². The highest BCUT2D eigenvalue weighted by Crippen LogP contribution is 2.20. The van der Waals surface area contributed by atoms with E-state index in [1.165, 1.54) is 5.56 Å². The van der Waals surface area contributed by atoms with Gasteiger partial charge in [-0.15, -0.1) is 0 Å². The summed E-state index contributed by atoms with van der Waals surface area (Å²) in [6, 6.07) is 10.3. The molecule has 98 valence electrons. The summed E-state index contributed by atoms with van der Waals surface area (Å²) in [7, 11) is 0. The summed E-state index contributed by atoms with van der Waals surface area (Å²) in [5, 5.41) is 3.37. The zero-order valence-electron chi connectivity index (χ0n) is 11.1. The molecule has 1 N–H and O–H groups in total. The number of aliphatic imine (C=N–C) groups is 1. The summed E-state index contributed by atoms with van der Waals surface area (Å²) in [5.41, 5.74) is 1.18. The number of ether oxygens (including phenoxy) is 1. The van der Waals surface area contributed by atoms with Gasteiger partial charge < -0.3 is 10.1 Å². The van der Waals surface area contributed by atoms with Crippen molar-refractivity contribution >= 4 is 5.84 Å². The maximum Gasteiger partial charge on any atom is 0.139 e. The van der Waals surface area contributed by atoms with Gasteiger partial charge in [0, 0.05) is 19.7 Å². The fourth-order valence-corrected chi connectivity index (χ4v) is 2.03. The highest BCUT2D eigenvalue weighted by atomic mass is 16.5. The van der Waals surface area contributed by atoms with E-state index in [9.17, 15) is 0 Å². The van der Waals surface area contributed by atoms with Crippen LogP contribution >= 0.6 is 0 Å². The van der Waals surface area contributed by atoms with Gasteiger partial charge >= 0.3 is 0 Å². The molecule has 1 aromatic rings. The maximum atomic E-state index is 6.01. The molecule has 1 aliphatic rings. The number of nitrogens with zero attached hydrogens (tertiary/aromatic N) is 1. The van der Waals surface area contributed by atoms with Crippen molar-refractivity contribution in [3.63, 3.8) is 0 Å². The monoisotopic (exact) mass is 246 g/mol.